The van der Waals surface area contributed by atoms with Crippen molar-refractivity contribution in [2.45, 2.75) is 24.3 Å². The lowest BCUT2D eigenvalue weighted by Crippen LogP contribution is -2.60. The summed E-state index contributed by atoms with van der Waals surface area (Å²) in [5, 5.41) is 12.1. The average Bonchev–Trinajstić information content (AvgIpc) is 3.57. The molecule has 2 N–H and O–H groups in total. The predicted octanol–water partition coefficient (Wildman–Crippen LogP) is 3.08. The van der Waals surface area contributed by atoms with E-state index in [1.165, 1.54) is 14.2 Å². The number of nitrogens with one attached hydrogen (secondary N) is 2. The number of benzene rings is 2. The Bertz CT molecular complexity index is 1550. The lowest BCUT2D eigenvalue weighted by atomic mass is 9.72. The minimum Gasteiger partial charge on any atom is -0.496 e. The van der Waals surface area contributed by atoms with Crippen LogP contribution in [-0.4, -0.2) is 63.8 Å². The zero-order valence-electron chi connectivity index (χ0n) is 21.3. The van der Waals surface area contributed by atoms with Gasteiger partial charge in [0.25, 0.3) is 10.0 Å². The molecule has 2 aliphatic rings. The molecule has 38 heavy (non-hydrogen) atoms. The fourth-order valence-electron chi connectivity index (χ4n) is 5.47. The van der Waals surface area contributed by atoms with E-state index in [9.17, 15) is 8.42 Å². The molecule has 0 aliphatic carbocycles. The number of ether oxygens (including phenoxy) is 2. The minimum absolute atomic E-state index is 0.0363. The van der Waals surface area contributed by atoms with Crippen LogP contribution in [0.3, 0.4) is 0 Å². The van der Waals surface area contributed by atoms with E-state index in [4.69, 9.17) is 14.0 Å². The summed E-state index contributed by atoms with van der Waals surface area (Å²) in [4.78, 5) is 2.26. The molecule has 0 atom stereocenters. The van der Waals surface area contributed by atoms with Crippen LogP contribution < -0.4 is 24.4 Å². The van der Waals surface area contributed by atoms with Gasteiger partial charge < -0.3 is 24.2 Å². The number of fused-ring (bicyclic) bond motifs is 1. The highest BCUT2D eigenvalue weighted by Gasteiger charge is 2.43. The number of anilines is 2. The van der Waals surface area contributed by atoms with Gasteiger partial charge in [-0.05, 0) is 67.9 Å². The maximum Gasteiger partial charge on any atom is 0.266 e. The molecule has 0 radical (unpaired) electrons. The summed E-state index contributed by atoms with van der Waals surface area (Å²) < 4.78 is 48.1. The molecule has 2 saturated heterocycles. The number of nitrogens with zero attached hydrogens (tertiary/aromatic N) is 4. The van der Waals surface area contributed by atoms with E-state index >= 15 is 0 Å². The molecule has 6 rings (SSSR count). The molecule has 200 valence electrons. The Kier molecular flexibility index (Phi) is 6.15. The fourth-order valence-corrected chi connectivity index (χ4v) is 6.66. The van der Waals surface area contributed by atoms with E-state index in [1.54, 1.807) is 29.1 Å². The van der Waals surface area contributed by atoms with Crippen molar-refractivity contribution in [2.75, 3.05) is 50.0 Å². The van der Waals surface area contributed by atoms with Gasteiger partial charge in [-0.3, -0.25) is 9.40 Å². The maximum absolute atomic E-state index is 13.6. The van der Waals surface area contributed by atoms with Crippen molar-refractivity contribution in [3.05, 3.63) is 54.4 Å². The van der Waals surface area contributed by atoms with Crippen molar-refractivity contribution in [2.24, 2.45) is 5.41 Å². The van der Waals surface area contributed by atoms with Crippen molar-refractivity contribution < 1.29 is 22.4 Å². The van der Waals surface area contributed by atoms with Crippen molar-refractivity contribution >= 4 is 32.5 Å². The number of rotatable bonds is 8. The summed E-state index contributed by atoms with van der Waals surface area (Å²) in [7, 11) is -1.09. The molecule has 4 heterocycles. The van der Waals surface area contributed by atoms with E-state index in [0.717, 1.165) is 50.3 Å². The summed E-state index contributed by atoms with van der Waals surface area (Å²) in [6.07, 6.45) is 5.83. The Hall–Kier alpha value is -3.77. The largest absolute Gasteiger partial charge is 0.496 e. The van der Waals surface area contributed by atoms with Gasteiger partial charge in [0.05, 0.1) is 20.8 Å². The van der Waals surface area contributed by atoms with Crippen LogP contribution in [0.2, 0.25) is 0 Å². The van der Waals surface area contributed by atoms with Crippen LogP contribution in [0, 0.1) is 5.41 Å². The van der Waals surface area contributed by atoms with E-state index in [1.807, 2.05) is 24.4 Å². The second-order valence-corrected chi connectivity index (χ2v) is 11.6. The van der Waals surface area contributed by atoms with Crippen LogP contribution in [0.1, 0.15) is 18.4 Å². The SMILES string of the molecule is COc1ccc(N2CC3(CCNCC3)C2)cc1S(=O)(=O)Nc1noc2cc(Cn3cccn3)cc(OC)c12. The number of piperidine rings is 1. The standard InChI is InChI=1S/C26H30N6O5S/c1-35-20-5-4-19(31-16-26(17-31)6-9-27-10-7-26)14-23(20)38(33,34)30-25-24-21(36-2)12-18(13-22(24)37-29-25)15-32-11-3-8-28-32/h3-5,8,11-14,27H,6-7,9-10,15-17H2,1-2H3,(H,29,30). The number of aromatic nitrogens is 3. The molecule has 0 amide bonds. The summed E-state index contributed by atoms with van der Waals surface area (Å²) in [6, 6.07) is 10.7. The third-order valence-corrected chi connectivity index (χ3v) is 8.83. The maximum atomic E-state index is 13.6. The Morgan fingerprint density at radius 2 is 1.89 bits per heavy atom. The second-order valence-electron chi connectivity index (χ2n) is 9.95. The number of methoxy groups -OCH3 is 2. The molecule has 0 unspecified atom stereocenters. The van der Waals surface area contributed by atoms with Gasteiger partial charge in [0.1, 0.15) is 21.8 Å². The lowest BCUT2D eigenvalue weighted by Gasteiger charge is -2.53. The Labute approximate surface area is 220 Å². The first-order valence-electron chi connectivity index (χ1n) is 12.5. The first-order chi connectivity index (χ1) is 18.4. The van der Waals surface area contributed by atoms with Gasteiger partial charge in [-0.15, -0.1) is 0 Å². The number of hydrogen-bond acceptors (Lipinski definition) is 9. The molecular formula is C26H30N6O5S. The van der Waals surface area contributed by atoms with Crippen molar-refractivity contribution in [1.82, 2.24) is 20.3 Å². The minimum atomic E-state index is -4.07. The van der Waals surface area contributed by atoms with Gasteiger partial charge >= 0.3 is 0 Å². The Morgan fingerprint density at radius 3 is 2.61 bits per heavy atom. The van der Waals surface area contributed by atoms with E-state index in [-0.39, 0.29) is 16.5 Å². The predicted molar refractivity (Wildman–Crippen MR) is 142 cm³/mol. The van der Waals surface area contributed by atoms with Crippen LogP contribution in [0.15, 0.2) is 58.2 Å². The Balaban J connectivity index is 1.29. The van der Waals surface area contributed by atoms with Gasteiger partial charge in [-0.25, -0.2) is 8.42 Å². The van der Waals surface area contributed by atoms with Crippen LogP contribution >= 0.6 is 0 Å². The highest BCUT2D eigenvalue weighted by Crippen LogP contribution is 2.43. The lowest BCUT2D eigenvalue weighted by molar-refractivity contribution is 0.150. The molecule has 0 bridgehead atoms. The smallest absolute Gasteiger partial charge is 0.266 e. The van der Waals surface area contributed by atoms with Gasteiger partial charge in [0.15, 0.2) is 11.4 Å². The second kappa shape index (κ2) is 9.52. The van der Waals surface area contributed by atoms with Crippen LogP contribution in [0.5, 0.6) is 11.5 Å². The third kappa shape index (κ3) is 4.43. The average molecular weight is 539 g/mol. The summed E-state index contributed by atoms with van der Waals surface area (Å²) in [5.74, 6) is 0.740. The first-order valence-corrected chi connectivity index (χ1v) is 14.0. The highest BCUT2D eigenvalue weighted by molar-refractivity contribution is 7.92. The monoisotopic (exact) mass is 538 g/mol. The Morgan fingerprint density at radius 1 is 1.11 bits per heavy atom. The molecule has 1 spiro atoms. The first kappa shape index (κ1) is 24.6. The quantitative estimate of drug-likeness (QED) is 0.348. The van der Waals surface area contributed by atoms with Gasteiger partial charge in [-0.1, -0.05) is 5.16 Å². The molecule has 2 fully saturated rings. The molecule has 2 aromatic heterocycles. The van der Waals surface area contributed by atoms with Gasteiger partial charge in [0.2, 0.25) is 0 Å². The topological polar surface area (TPSA) is 124 Å². The zero-order chi connectivity index (χ0) is 26.3. The molecular weight excluding hydrogens is 508 g/mol. The molecule has 0 saturated carbocycles. The normalized spacial score (nSPS) is 16.9. The van der Waals surface area contributed by atoms with Crippen LogP contribution in [-0.2, 0) is 16.6 Å². The highest BCUT2D eigenvalue weighted by atomic mass is 32.2. The molecule has 11 nitrogen and oxygen atoms in total. The van der Waals surface area contributed by atoms with Crippen molar-refractivity contribution in [3.63, 3.8) is 0 Å². The van der Waals surface area contributed by atoms with Crippen LogP contribution in [0.25, 0.3) is 11.0 Å². The molecule has 12 heteroatoms. The molecule has 2 aromatic carbocycles. The molecule has 4 aromatic rings. The van der Waals surface area contributed by atoms with Gasteiger partial charge in [-0.2, -0.15) is 5.10 Å². The number of hydrogen-bond donors (Lipinski definition) is 2. The number of sulfonamides is 1. The fraction of sp³-hybridized carbons (Fsp3) is 0.385. The van der Waals surface area contributed by atoms with E-state index in [0.29, 0.717) is 28.7 Å². The van der Waals surface area contributed by atoms with E-state index in [2.05, 4.69) is 25.2 Å². The van der Waals surface area contributed by atoms with Crippen molar-refractivity contribution in [1.29, 1.82) is 0 Å². The van der Waals surface area contributed by atoms with Crippen molar-refractivity contribution in [3.8, 4) is 11.5 Å². The van der Waals surface area contributed by atoms with Crippen LogP contribution in [0.4, 0.5) is 11.5 Å². The summed E-state index contributed by atoms with van der Waals surface area (Å²) >= 11 is 0. The van der Waals surface area contributed by atoms with Gasteiger partial charge in [0, 0.05) is 36.6 Å². The molecule has 2 aliphatic heterocycles. The zero-order valence-corrected chi connectivity index (χ0v) is 22.1. The summed E-state index contributed by atoms with van der Waals surface area (Å²) in [6.45, 7) is 4.39. The van der Waals surface area contributed by atoms with E-state index < -0.39 is 10.0 Å². The third-order valence-electron chi connectivity index (χ3n) is 7.47. The summed E-state index contributed by atoms with van der Waals surface area (Å²) in [5.41, 5.74) is 2.44.